The molecule has 0 N–H and O–H groups in total. The zero-order valence-electron chi connectivity index (χ0n) is 9.94. The van der Waals surface area contributed by atoms with Crippen molar-refractivity contribution in [1.29, 1.82) is 0 Å². The minimum absolute atomic E-state index is 0.796. The Morgan fingerprint density at radius 3 is 1.38 bits per heavy atom. The van der Waals surface area contributed by atoms with Crippen molar-refractivity contribution in [3.05, 3.63) is 0 Å². The summed E-state index contributed by atoms with van der Waals surface area (Å²) in [6.45, 7) is 15.0. The number of hydrogen-bond donors (Lipinski definition) is 0. The first-order valence-electron chi connectivity index (χ1n) is 5.21. The van der Waals surface area contributed by atoms with Crippen LogP contribution >= 0.6 is 0 Å². The van der Waals surface area contributed by atoms with Crippen molar-refractivity contribution in [2.24, 2.45) is 0 Å². The lowest BCUT2D eigenvalue weighted by Gasteiger charge is -2.38. The van der Waals surface area contributed by atoms with Crippen LogP contribution in [0.5, 0.6) is 0 Å². The molecule has 0 radical (unpaired) electrons. The van der Waals surface area contributed by atoms with Gasteiger partial charge in [0.05, 0.1) is 0 Å². The molecule has 0 saturated heterocycles. The fourth-order valence-electron chi connectivity index (χ4n) is 1.68. The van der Waals surface area contributed by atoms with E-state index in [-0.39, 0.29) is 0 Å². The summed E-state index contributed by atoms with van der Waals surface area (Å²) in [5.41, 5.74) is 0. The van der Waals surface area contributed by atoms with Gasteiger partial charge in [0.2, 0.25) is 0 Å². The molecule has 0 amide bonds. The maximum Gasteiger partial charge on any atom is 0.315 e. The van der Waals surface area contributed by atoms with Gasteiger partial charge in [0.15, 0.2) is 0 Å². The molecule has 0 aliphatic heterocycles. The van der Waals surface area contributed by atoms with Crippen LogP contribution in [0.4, 0.5) is 0 Å². The van der Waals surface area contributed by atoms with Gasteiger partial charge in [-0.05, 0) is 19.9 Å². The zero-order valence-corrected chi connectivity index (χ0v) is 11.9. The fourth-order valence-corrected chi connectivity index (χ4v) is 11.7. The van der Waals surface area contributed by atoms with Gasteiger partial charge < -0.3 is 8.85 Å². The number of hydrogen-bond acceptors (Lipinski definition) is 2. The van der Waals surface area contributed by atoms with Crippen LogP contribution in [0, 0.1) is 0 Å². The SMILES string of the molecule is CCO[Si](CC)(OCC)[Si](C)(C)C. The van der Waals surface area contributed by atoms with Crippen molar-refractivity contribution in [3.8, 4) is 0 Å². The minimum Gasteiger partial charge on any atom is -0.397 e. The summed E-state index contributed by atoms with van der Waals surface area (Å²) in [4.78, 5) is 0. The third-order valence-electron chi connectivity index (χ3n) is 2.36. The van der Waals surface area contributed by atoms with Crippen LogP contribution in [0.15, 0.2) is 0 Å². The second-order valence-corrected chi connectivity index (χ2v) is 18.3. The highest BCUT2D eigenvalue weighted by atomic mass is 29.3. The maximum atomic E-state index is 5.96. The van der Waals surface area contributed by atoms with E-state index in [2.05, 4.69) is 40.4 Å². The number of rotatable bonds is 6. The van der Waals surface area contributed by atoms with Crippen LogP contribution in [0.2, 0.25) is 25.7 Å². The summed E-state index contributed by atoms with van der Waals surface area (Å²) in [5.74, 6) is 0. The Balaban J connectivity index is 4.64. The highest BCUT2D eigenvalue weighted by molar-refractivity contribution is 7.36. The third-order valence-corrected chi connectivity index (χ3v) is 15.9. The molecule has 0 fully saturated rings. The van der Waals surface area contributed by atoms with Crippen molar-refractivity contribution in [3.63, 3.8) is 0 Å². The average Bonchev–Trinajstić information content (AvgIpc) is 2.02. The minimum atomic E-state index is -1.83. The Bertz CT molecular complexity index is 137. The summed E-state index contributed by atoms with van der Waals surface area (Å²) in [6, 6.07) is 1.09. The Kier molecular flexibility index (Phi) is 5.43. The molecule has 0 aromatic rings. The van der Waals surface area contributed by atoms with Crippen molar-refractivity contribution < 1.29 is 8.85 Å². The molecule has 0 spiro atoms. The van der Waals surface area contributed by atoms with Crippen molar-refractivity contribution in [1.82, 2.24) is 0 Å². The van der Waals surface area contributed by atoms with Crippen LogP contribution in [-0.2, 0) is 8.85 Å². The van der Waals surface area contributed by atoms with Gasteiger partial charge in [-0.3, -0.25) is 0 Å². The molecule has 0 aliphatic carbocycles. The second-order valence-electron chi connectivity index (χ2n) is 4.22. The van der Waals surface area contributed by atoms with Gasteiger partial charge in [-0.15, -0.1) is 0 Å². The Morgan fingerprint density at radius 2 is 1.23 bits per heavy atom. The van der Waals surface area contributed by atoms with Crippen molar-refractivity contribution in [2.75, 3.05) is 13.2 Å². The molecule has 13 heavy (non-hydrogen) atoms. The van der Waals surface area contributed by atoms with Gasteiger partial charge in [0.1, 0.15) is 7.59 Å². The van der Waals surface area contributed by atoms with Crippen LogP contribution in [0.3, 0.4) is 0 Å². The normalized spacial score (nSPS) is 13.4. The standard InChI is InChI=1S/C9H24O2Si2/c1-7-10-13(9-3,11-8-2)12(4,5)6/h7-9H2,1-6H3. The van der Waals surface area contributed by atoms with E-state index >= 15 is 0 Å². The Hall–Kier alpha value is 0.354. The summed E-state index contributed by atoms with van der Waals surface area (Å²) >= 11 is 0. The molecule has 0 aromatic heterocycles. The van der Waals surface area contributed by atoms with Gasteiger partial charge in [-0.1, -0.05) is 26.6 Å². The van der Waals surface area contributed by atoms with Gasteiger partial charge in [0, 0.05) is 13.2 Å². The van der Waals surface area contributed by atoms with Gasteiger partial charge >= 0.3 is 8.08 Å². The topological polar surface area (TPSA) is 18.5 Å². The quantitative estimate of drug-likeness (QED) is 0.641. The molecule has 0 unspecified atom stereocenters. The first-order valence-corrected chi connectivity index (χ1v) is 11.7. The van der Waals surface area contributed by atoms with Crippen LogP contribution in [0.1, 0.15) is 20.8 Å². The molecular formula is C9H24O2Si2. The molecule has 4 heteroatoms. The summed E-state index contributed by atoms with van der Waals surface area (Å²) in [5, 5.41) is 0. The lowest BCUT2D eigenvalue weighted by Crippen LogP contribution is -2.61. The molecule has 80 valence electrons. The lowest BCUT2D eigenvalue weighted by atomic mass is 10.9. The zero-order chi connectivity index (χ0) is 10.5. The largest absolute Gasteiger partial charge is 0.397 e. The van der Waals surface area contributed by atoms with E-state index < -0.39 is 15.7 Å². The van der Waals surface area contributed by atoms with Gasteiger partial charge in [-0.2, -0.15) is 0 Å². The van der Waals surface area contributed by atoms with E-state index in [4.69, 9.17) is 8.85 Å². The van der Waals surface area contributed by atoms with E-state index in [1.165, 1.54) is 0 Å². The monoisotopic (exact) mass is 220 g/mol. The summed E-state index contributed by atoms with van der Waals surface area (Å²) in [6.07, 6.45) is 0. The Morgan fingerprint density at radius 1 is 0.846 bits per heavy atom. The van der Waals surface area contributed by atoms with E-state index in [9.17, 15) is 0 Å². The summed E-state index contributed by atoms with van der Waals surface area (Å²) < 4.78 is 11.9. The fraction of sp³-hybridized carbons (Fsp3) is 1.00. The average molecular weight is 220 g/mol. The molecule has 2 nitrogen and oxygen atoms in total. The van der Waals surface area contributed by atoms with E-state index in [1.54, 1.807) is 0 Å². The lowest BCUT2D eigenvalue weighted by molar-refractivity contribution is 0.201. The van der Waals surface area contributed by atoms with E-state index in [0.717, 1.165) is 19.3 Å². The van der Waals surface area contributed by atoms with Crippen LogP contribution in [0.25, 0.3) is 0 Å². The van der Waals surface area contributed by atoms with Crippen LogP contribution in [-0.4, -0.2) is 28.9 Å². The van der Waals surface area contributed by atoms with Crippen LogP contribution < -0.4 is 0 Å². The highest BCUT2D eigenvalue weighted by Crippen LogP contribution is 2.25. The molecule has 0 aromatic carbocycles. The molecular weight excluding hydrogens is 196 g/mol. The molecule has 0 aliphatic rings. The van der Waals surface area contributed by atoms with Crippen molar-refractivity contribution in [2.45, 2.75) is 46.5 Å². The van der Waals surface area contributed by atoms with E-state index in [1.807, 2.05) is 0 Å². The van der Waals surface area contributed by atoms with Gasteiger partial charge in [0.25, 0.3) is 0 Å². The van der Waals surface area contributed by atoms with Gasteiger partial charge in [-0.25, -0.2) is 0 Å². The molecule has 0 bridgehead atoms. The molecule has 0 saturated carbocycles. The molecule has 0 atom stereocenters. The first kappa shape index (κ1) is 13.4. The predicted octanol–water partition coefficient (Wildman–Crippen LogP) is 2.94. The Labute approximate surface area is 84.7 Å². The van der Waals surface area contributed by atoms with E-state index in [0.29, 0.717) is 0 Å². The predicted molar refractivity (Wildman–Crippen MR) is 62.8 cm³/mol. The first-order chi connectivity index (χ1) is 5.93. The van der Waals surface area contributed by atoms with Crippen molar-refractivity contribution >= 4 is 15.7 Å². The second kappa shape index (κ2) is 5.29. The highest BCUT2D eigenvalue weighted by Gasteiger charge is 2.48. The summed E-state index contributed by atoms with van der Waals surface area (Å²) in [7, 11) is -3.12. The molecule has 0 heterocycles. The molecule has 0 rings (SSSR count). The smallest absolute Gasteiger partial charge is 0.315 e. The maximum absolute atomic E-state index is 5.96. The third kappa shape index (κ3) is 3.20.